The van der Waals surface area contributed by atoms with Crippen molar-refractivity contribution in [2.75, 3.05) is 33.8 Å². The highest BCUT2D eigenvalue weighted by molar-refractivity contribution is 5.94. The number of carbonyl (C=O) groups is 1. The third-order valence-electron chi connectivity index (χ3n) is 9.39. The number of amides is 1. The lowest BCUT2D eigenvalue weighted by Crippen LogP contribution is -2.36. The van der Waals surface area contributed by atoms with Crippen molar-refractivity contribution in [3.63, 3.8) is 0 Å². The lowest BCUT2D eigenvalue weighted by molar-refractivity contribution is 0.0938. The Labute approximate surface area is 269 Å². The lowest BCUT2D eigenvalue weighted by atomic mass is 9.91. The zero-order valence-electron chi connectivity index (χ0n) is 27.0. The van der Waals surface area contributed by atoms with Gasteiger partial charge in [0.05, 0.1) is 30.4 Å². The summed E-state index contributed by atoms with van der Waals surface area (Å²) in [6, 6.07) is 14.2. The second-order valence-electron chi connectivity index (χ2n) is 12.6. The third-order valence-corrected chi connectivity index (χ3v) is 9.39. The van der Waals surface area contributed by atoms with Crippen molar-refractivity contribution in [3.05, 3.63) is 89.3 Å². The number of hydrogen-bond acceptors (Lipinski definition) is 7. The number of nitrogens with one attached hydrogen (secondary N) is 1. The van der Waals surface area contributed by atoms with Gasteiger partial charge in [-0.2, -0.15) is 10.2 Å². The van der Waals surface area contributed by atoms with E-state index in [0.29, 0.717) is 36.0 Å². The molecule has 0 saturated carbocycles. The standard InChI is InChI=1S/C36H40N8O2/c1-42-15-13-23(14-16-42)19-38-36(45)27-10-9-26(31(17-27)46-4)18-32-37-20-28-11-12-30-33(34(28)40-32)35(44(3)41-30)25-7-5-24(6-8-25)29-21-39-43(2)22-29/h5-10,17,20-23H,11-16,18-19H2,1-4H3,(H,38,45). The molecule has 0 unspecified atom stereocenters. The molecular formula is C36H40N8O2. The van der Waals surface area contributed by atoms with Crippen molar-refractivity contribution >= 4 is 5.91 Å². The Bertz CT molecular complexity index is 1880. The second-order valence-corrected chi connectivity index (χ2v) is 12.6. The number of carbonyl (C=O) groups excluding carboxylic acids is 1. The second kappa shape index (κ2) is 12.5. The van der Waals surface area contributed by atoms with E-state index in [0.717, 1.165) is 89.2 Å². The molecule has 10 nitrogen and oxygen atoms in total. The number of benzene rings is 2. The molecule has 2 aromatic carbocycles. The van der Waals surface area contributed by atoms with Crippen molar-refractivity contribution in [3.8, 4) is 39.4 Å². The zero-order valence-corrected chi connectivity index (χ0v) is 27.0. The zero-order chi connectivity index (χ0) is 31.8. The average Bonchev–Trinajstić information content (AvgIpc) is 3.67. The molecule has 5 aromatic rings. The van der Waals surface area contributed by atoms with Crippen LogP contribution in [0, 0.1) is 5.92 Å². The van der Waals surface area contributed by atoms with Gasteiger partial charge in [-0.25, -0.2) is 9.97 Å². The van der Waals surface area contributed by atoms with Crippen LogP contribution in [-0.2, 0) is 33.4 Å². The first-order chi connectivity index (χ1) is 22.4. The number of piperidine rings is 1. The van der Waals surface area contributed by atoms with Crippen LogP contribution in [0.2, 0.25) is 0 Å². The van der Waals surface area contributed by atoms with Crippen LogP contribution in [-0.4, -0.2) is 74.1 Å². The Kier molecular flexibility index (Phi) is 8.12. The van der Waals surface area contributed by atoms with Crippen molar-refractivity contribution in [1.82, 2.24) is 39.7 Å². The quantitative estimate of drug-likeness (QED) is 0.269. The van der Waals surface area contributed by atoms with Gasteiger partial charge in [-0.1, -0.05) is 30.3 Å². The van der Waals surface area contributed by atoms with Gasteiger partial charge >= 0.3 is 0 Å². The molecule has 7 rings (SSSR count). The highest BCUT2D eigenvalue weighted by atomic mass is 16.5. The Hall–Kier alpha value is -4.83. The predicted molar refractivity (Wildman–Crippen MR) is 178 cm³/mol. The van der Waals surface area contributed by atoms with E-state index in [1.54, 1.807) is 7.11 Å². The maximum atomic E-state index is 13.0. The highest BCUT2D eigenvalue weighted by Gasteiger charge is 2.27. The molecule has 0 bridgehead atoms. The minimum absolute atomic E-state index is 0.0705. The summed E-state index contributed by atoms with van der Waals surface area (Å²) in [7, 11) is 7.71. The fourth-order valence-corrected chi connectivity index (χ4v) is 6.71. The molecule has 1 aliphatic heterocycles. The Morgan fingerprint density at radius 2 is 1.76 bits per heavy atom. The van der Waals surface area contributed by atoms with E-state index in [1.807, 2.05) is 60.2 Å². The van der Waals surface area contributed by atoms with E-state index in [4.69, 9.17) is 19.8 Å². The molecule has 10 heteroatoms. The summed E-state index contributed by atoms with van der Waals surface area (Å²) in [5, 5.41) is 12.3. The van der Waals surface area contributed by atoms with Crippen molar-refractivity contribution in [2.45, 2.75) is 32.1 Å². The van der Waals surface area contributed by atoms with Gasteiger partial charge < -0.3 is 15.0 Å². The Balaban J connectivity index is 1.12. The summed E-state index contributed by atoms with van der Waals surface area (Å²) in [4.78, 5) is 25.2. The molecule has 4 heterocycles. The van der Waals surface area contributed by atoms with E-state index in [9.17, 15) is 4.79 Å². The van der Waals surface area contributed by atoms with Crippen molar-refractivity contribution in [2.24, 2.45) is 20.0 Å². The van der Waals surface area contributed by atoms with Gasteiger partial charge in [0, 0.05) is 67.3 Å². The summed E-state index contributed by atoms with van der Waals surface area (Å²) in [5.74, 6) is 1.81. The number of nitrogens with zero attached hydrogens (tertiary/aromatic N) is 7. The Morgan fingerprint density at radius 1 is 0.978 bits per heavy atom. The van der Waals surface area contributed by atoms with Gasteiger partial charge in [0.25, 0.3) is 5.91 Å². The molecular weight excluding hydrogens is 576 g/mol. The van der Waals surface area contributed by atoms with Gasteiger partial charge in [-0.15, -0.1) is 0 Å². The topological polar surface area (TPSA) is 103 Å². The summed E-state index contributed by atoms with van der Waals surface area (Å²) >= 11 is 0. The first-order valence-corrected chi connectivity index (χ1v) is 16.0. The monoisotopic (exact) mass is 616 g/mol. The summed E-state index contributed by atoms with van der Waals surface area (Å²) in [6.07, 6.45) is 10.3. The Morgan fingerprint density at radius 3 is 2.50 bits per heavy atom. The molecule has 46 heavy (non-hydrogen) atoms. The number of aryl methyl sites for hydroxylation is 4. The minimum Gasteiger partial charge on any atom is -0.496 e. The number of likely N-dealkylation sites (tertiary alicyclic amines) is 1. The van der Waals surface area contributed by atoms with Crippen LogP contribution in [0.3, 0.4) is 0 Å². The molecule has 1 saturated heterocycles. The predicted octanol–water partition coefficient (Wildman–Crippen LogP) is 4.71. The lowest BCUT2D eigenvalue weighted by Gasteiger charge is -2.28. The van der Waals surface area contributed by atoms with Gasteiger partial charge in [0.15, 0.2) is 0 Å². The molecule has 0 spiro atoms. The summed E-state index contributed by atoms with van der Waals surface area (Å²) in [5.41, 5.74) is 10.1. The number of methoxy groups -OCH3 is 1. The first-order valence-electron chi connectivity index (χ1n) is 16.0. The van der Waals surface area contributed by atoms with Crippen molar-refractivity contribution in [1.29, 1.82) is 0 Å². The fourth-order valence-electron chi connectivity index (χ4n) is 6.71. The van der Waals surface area contributed by atoms with E-state index < -0.39 is 0 Å². The van der Waals surface area contributed by atoms with Crippen LogP contribution in [0.1, 0.15) is 45.8 Å². The summed E-state index contributed by atoms with van der Waals surface area (Å²) in [6.45, 7) is 2.86. The van der Waals surface area contributed by atoms with Gasteiger partial charge in [-0.3, -0.25) is 14.2 Å². The molecule has 3 aromatic heterocycles. The van der Waals surface area contributed by atoms with E-state index in [-0.39, 0.29) is 5.91 Å². The molecule has 0 atom stereocenters. The van der Waals surface area contributed by atoms with Crippen LogP contribution >= 0.6 is 0 Å². The van der Waals surface area contributed by atoms with Crippen LogP contribution in [0.15, 0.2) is 61.1 Å². The number of ether oxygens (including phenoxy) is 1. The molecule has 1 aliphatic carbocycles. The van der Waals surface area contributed by atoms with E-state index in [2.05, 4.69) is 46.6 Å². The van der Waals surface area contributed by atoms with Gasteiger partial charge in [0.2, 0.25) is 0 Å². The number of aromatic nitrogens is 6. The summed E-state index contributed by atoms with van der Waals surface area (Å²) < 4.78 is 9.53. The van der Waals surface area contributed by atoms with E-state index >= 15 is 0 Å². The van der Waals surface area contributed by atoms with Crippen LogP contribution < -0.4 is 10.1 Å². The molecule has 1 fully saturated rings. The first kappa shape index (κ1) is 29.9. The average molecular weight is 617 g/mol. The van der Waals surface area contributed by atoms with E-state index in [1.165, 1.54) is 0 Å². The number of hydrogen-bond donors (Lipinski definition) is 1. The number of rotatable bonds is 8. The minimum atomic E-state index is -0.0705. The largest absolute Gasteiger partial charge is 0.496 e. The fraction of sp³-hybridized carbons (Fsp3) is 0.361. The third kappa shape index (κ3) is 5.92. The van der Waals surface area contributed by atoms with Crippen LogP contribution in [0.4, 0.5) is 0 Å². The molecule has 1 N–H and O–H groups in total. The maximum Gasteiger partial charge on any atom is 0.251 e. The SMILES string of the molecule is COc1cc(C(=O)NCC2CCN(C)CC2)ccc1Cc1ncc2c(n1)-c1c(nn(C)c1-c1ccc(-c3cnn(C)c3)cc1)CC2. The number of fused-ring (bicyclic) bond motifs is 3. The molecule has 0 radical (unpaired) electrons. The van der Waals surface area contributed by atoms with Crippen LogP contribution in [0.5, 0.6) is 5.75 Å². The van der Waals surface area contributed by atoms with Gasteiger partial charge in [-0.05, 0) is 75.0 Å². The van der Waals surface area contributed by atoms with Crippen molar-refractivity contribution < 1.29 is 9.53 Å². The van der Waals surface area contributed by atoms with Crippen LogP contribution in [0.25, 0.3) is 33.6 Å². The maximum absolute atomic E-state index is 13.0. The van der Waals surface area contributed by atoms with Gasteiger partial charge in [0.1, 0.15) is 11.6 Å². The highest BCUT2D eigenvalue weighted by Crippen LogP contribution is 2.40. The molecule has 1 amide bonds. The normalized spacial score (nSPS) is 15.0. The molecule has 236 valence electrons. The smallest absolute Gasteiger partial charge is 0.251 e. The molecule has 2 aliphatic rings.